The van der Waals surface area contributed by atoms with E-state index in [1.165, 1.54) is 0 Å². The molecule has 0 aromatic carbocycles. The third-order valence-corrected chi connectivity index (χ3v) is 5.31. The molecule has 1 aliphatic heterocycles. The maximum atomic E-state index is 11.9. The van der Waals surface area contributed by atoms with Crippen LogP contribution < -0.4 is 10.3 Å². The van der Waals surface area contributed by atoms with E-state index < -0.39 is 0 Å². The van der Waals surface area contributed by atoms with Crippen LogP contribution in [0.15, 0.2) is 24.4 Å². The number of hydrogen-bond donors (Lipinski definition) is 1. The molecule has 1 saturated carbocycles. The van der Waals surface area contributed by atoms with E-state index in [0.29, 0.717) is 19.1 Å². The first-order chi connectivity index (χ1) is 13.2. The van der Waals surface area contributed by atoms with Crippen molar-refractivity contribution in [2.45, 2.75) is 51.0 Å². The van der Waals surface area contributed by atoms with Gasteiger partial charge in [0.2, 0.25) is 0 Å². The van der Waals surface area contributed by atoms with Crippen molar-refractivity contribution in [3.05, 3.63) is 30.1 Å². The van der Waals surface area contributed by atoms with Gasteiger partial charge in [-0.05, 0) is 44.4 Å². The van der Waals surface area contributed by atoms with Gasteiger partial charge in [0.1, 0.15) is 6.10 Å². The number of carbonyl (C=O) groups excluding carboxylic acids is 2. The van der Waals surface area contributed by atoms with Crippen LogP contribution in [0.1, 0.15) is 44.2 Å². The molecule has 7 heteroatoms. The Hall–Kier alpha value is -2.31. The molecule has 2 N–H and O–H groups in total. The number of aromatic nitrogens is 1. The Balaban J connectivity index is 1.26. The third kappa shape index (κ3) is 6.41. The third-order valence-electron chi connectivity index (χ3n) is 5.31. The molecule has 148 valence electrons. The fourth-order valence-corrected chi connectivity index (χ4v) is 3.67. The smallest absolute Gasteiger partial charge is 0.409 e. The molecule has 1 aromatic rings. The number of amides is 2. The summed E-state index contributed by atoms with van der Waals surface area (Å²) in [6.45, 7) is 2.65. The zero-order chi connectivity index (χ0) is 18.9. The monoisotopic (exact) mass is 376 g/mol. The maximum Gasteiger partial charge on any atom is 0.409 e. The highest BCUT2D eigenvalue weighted by Crippen LogP contribution is 2.26. The number of rotatable bonds is 6. The summed E-state index contributed by atoms with van der Waals surface area (Å²) in [5.74, 6) is 0.369. The van der Waals surface area contributed by atoms with Gasteiger partial charge in [0, 0.05) is 38.2 Å². The first-order valence-electron chi connectivity index (χ1n) is 10.0. The minimum absolute atomic E-state index is 0.0428. The predicted octanol–water partition coefficient (Wildman–Crippen LogP) is 2.56. The summed E-state index contributed by atoms with van der Waals surface area (Å²) < 4.78 is 10.9. The van der Waals surface area contributed by atoms with E-state index in [1.54, 1.807) is 4.90 Å². The van der Waals surface area contributed by atoms with Gasteiger partial charge in [0.25, 0.3) is 0 Å². The van der Waals surface area contributed by atoms with Crippen LogP contribution in [-0.2, 0) is 15.9 Å². The van der Waals surface area contributed by atoms with Crippen molar-refractivity contribution in [2.24, 2.45) is 5.92 Å². The van der Waals surface area contributed by atoms with Crippen molar-refractivity contribution in [1.82, 2.24) is 10.2 Å². The van der Waals surface area contributed by atoms with Crippen molar-refractivity contribution >= 4 is 12.2 Å². The van der Waals surface area contributed by atoms with Gasteiger partial charge in [-0.3, -0.25) is 0 Å². The Bertz CT molecular complexity index is 597. The zero-order valence-corrected chi connectivity index (χ0v) is 15.8. The van der Waals surface area contributed by atoms with E-state index in [1.807, 2.05) is 24.4 Å². The first-order valence-corrected chi connectivity index (χ1v) is 10.0. The summed E-state index contributed by atoms with van der Waals surface area (Å²) in [5.41, 5.74) is 1.07. The Labute approximate surface area is 160 Å². The number of likely N-dealkylation sites (tertiary alicyclic amines) is 1. The van der Waals surface area contributed by atoms with Gasteiger partial charge in [0.05, 0.1) is 6.61 Å². The van der Waals surface area contributed by atoms with Crippen LogP contribution in [-0.4, -0.2) is 49.4 Å². The number of pyridine rings is 1. The van der Waals surface area contributed by atoms with E-state index in [2.05, 4.69) is 10.3 Å². The predicted molar refractivity (Wildman–Crippen MR) is 99.1 cm³/mol. The maximum absolute atomic E-state index is 11.9. The highest BCUT2D eigenvalue weighted by Gasteiger charge is 2.26. The molecular weight excluding hydrogens is 346 g/mol. The van der Waals surface area contributed by atoms with E-state index in [9.17, 15) is 9.59 Å². The standard InChI is InChI=1S/C20H29N3O4/c24-19(22-12-10-17-5-1-2-11-21-17)27-18-8-6-16(7-9-18)15-26-20(25)23-13-3-4-14-23/h1-2,5,11,16,18H,3-4,6-10,12-15H2,(H,22,24)/p+1. The number of nitrogens with one attached hydrogen (secondary N) is 2. The highest BCUT2D eigenvalue weighted by atomic mass is 16.6. The molecule has 0 spiro atoms. The fraction of sp³-hybridized carbons (Fsp3) is 0.650. The Morgan fingerprint density at radius 1 is 1.15 bits per heavy atom. The molecule has 2 fully saturated rings. The molecule has 27 heavy (non-hydrogen) atoms. The fourth-order valence-electron chi connectivity index (χ4n) is 3.67. The van der Waals surface area contributed by atoms with Crippen LogP contribution in [0.2, 0.25) is 0 Å². The summed E-state index contributed by atoms with van der Waals surface area (Å²) in [6, 6.07) is 5.88. The summed E-state index contributed by atoms with van der Waals surface area (Å²) >= 11 is 0. The van der Waals surface area contributed by atoms with Gasteiger partial charge in [-0.1, -0.05) is 6.07 Å². The average molecular weight is 376 g/mol. The van der Waals surface area contributed by atoms with E-state index in [4.69, 9.17) is 9.47 Å². The van der Waals surface area contributed by atoms with Gasteiger partial charge in [0.15, 0.2) is 11.9 Å². The molecule has 1 aliphatic carbocycles. The molecule has 1 aromatic heterocycles. The number of hydrogen-bond acceptors (Lipinski definition) is 4. The van der Waals surface area contributed by atoms with Crippen molar-refractivity contribution in [3.63, 3.8) is 0 Å². The lowest BCUT2D eigenvalue weighted by molar-refractivity contribution is -0.390. The lowest BCUT2D eigenvalue weighted by Crippen LogP contribution is -2.34. The highest BCUT2D eigenvalue weighted by molar-refractivity contribution is 5.68. The Kier molecular flexibility index (Phi) is 7.30. The molecule has 0 atom stereocenters. The topological polar surface area (TPSA) is 82.0 Å². The van der Waals surface area contributed by atoms with E-state index in [-0.39, 0.29) is 18.3 Å². The molecule has 3 rings (SSSR count). The van der Waals surface area contributed by atoms with Crippen molar-refractivity contribution in [3.8, 4) is 0 Å². The molecule has 2 heterocycles. The SMILES string of the molecule is O=C(NCCc1cccc[nH+]1)OC1CCC(COC(=O)N2CCCC2)CC1. The lowest BCUT2D eigenvalue weighted by atomic mass is 9.88. The second-order valence-electron chi connectivity index (χ2n) is 7.38. The summed E-state index contributed by atoms with van der Waals surface area (Å²) in [4.78, 5) is 28.8. The zero-order valence-electron chi connectivity index (χ0n) is 15.8. The number of alkyl carbamates (subject to hydrolysis) is 1. The van der Waals surface area contributed by atoms with Crippen LogP contribution >= 0.6 is 0 Å². The van der Waals surface area contributed by atoms with Crippen molar-refractivity contribution in [2.75, 3.05) is 26.2 Å². The normalized spacial score (nSPS) is 22.3. The number of aromatic amines is 1. The quantitative estimate of drug-likeness (QED) is 0.827. The number of carbonyl (C=O) groups is 2. The second kappa shape index (κ2) is 10.1. The minimum atomic E-state index is -0.352. The summed E-state index contributed by atoms with van der Waals surface area (Å²) in [7, 11) is 0. The Morgan fingerprint density at radius 3 is 2.63 bits per heavy atom. The number of nitrogens with zero attached hydrogens (tertiary/aromatic N) is 1. The summed E-state index contributed by atoms with van der Waals surface area (Å²) in [5, 5.41) is 2.80. The molecule has 2 aliphatic rings. The van der Waals surface area contributed by atoms with Crippen molar-refractivity contribution < 1.29 is 24.0 Å². The van der Waals surface area contributed by atoms with E-state index in [0.717, 1.165) is 63.7 Å². The van der Waals surface area contributed by atoms with Crippen LogP contribution in [0.25, 0.3) is 0 Å². The minimum Gasteiger partial charge on any atom is -0.449 e. The second-order valence-corrected chi connectivity index (χ2v) is 7.38. The molecular formula is C20H30N3O4+. The van der Waals surface area contributed by atoms with Crippen LogP contribution in [0.3, 0.4) is 0 Å². The molecule has 0 bridgehead atoms. The molecule has 1 saturated heterocycles. The van der Waals surface area contributed by atoms with E-state index >= 15 is 0 Å². The number of H-pyrrole nitrogens is 1. The van der Waals surface area contributed by atoms with Gasteiger partial charge in [-0.15, -0.1) is 0 Å². The first kappa shape index (κ1) is 19.5. The van der Waals surface area contributed by atoms with Gasteiger partial charge < -0.3 is 19.7 Å². The molecule has 0 unspecified atom stereocenters. The Morgan fingerprint density at radius 2 is 1.93 bits per heavy atom. The van der Waals surface area contributed by atoms with Crippen LogP contribution in [0.5, 0.6) is 0 Å². The lowest BCUT2D eigenvalue weighted by Gasteiger charge is -2.28. The molecule has 0 radical (unpaired) electrons. The largest absolute Gasteiger partial charge is 0.449 e. The van der Waals surface area contributed by atoms with Crippen LogP contribution in [0, 0.1) is 5.92 Å². The van der Waals surface area contributed by atoms with Gasteiger partial charge in [-0.25, -0.2) is 14.6 Å². The van der Waals surface area contributed by atoms with Gasteiger partial charge >= 0.3 is 12.2 Å². The average Bonchev–Trinajstić information content (AvgIpc) is 3.23. The summed E-state index contributed by atoms with van der Waals surface area (Å²) in [6.07, 6.45) is 7.67. The van der Waals surface area contributed by atoms with Gasteiger partial charge in [-0.2, -0.15) is 0 Å². The van der Waals surface area contributed by atoms with Crippen LogP contribution in [0.4, 0.5) is 9.59 Å². The number of ether oxygens (including phenoxy) is 2. The molecule has 2 amide bonds. The molecule has 7 nitrogen and oxygen atoms in total. The van der Waals surface area contributed by atoms with Crippen molar-refractivity contribution in [1.29, 1.82) is 0 Å².